The number of anilines is 1. The summed E-state index contributed by atoms with van der Waals surface area (Å²) < 4.78 is 0. The molecule has 1 amide bonds. The van der Waals surface area contributed by atoms with E-state index < -0.39 is 5.97 Å². The SMILES string of the molecule is CCN(CC(=O)O)C1CCN(CC(=O)Nc2ccc(Cl)cc2C)CC1. The molecule has 1 aromatic carbocycles. The number of aliphatic carboxylic acids is 1. The average Bonchev–Trinajstić information content (AvgIpc) is 2.56. The van der Waals surface area contributed by atoms with Crippen molar-refractivity contribution in [3.63, 3.8) is 0 Å². The highest BCUT2D eigenvalue weighted by Gasteiger charge is 2.25. The van der Waals surface area contributed by atoms with Crippen LogP contribution in [0, 0.1) is 6.92 Å². The van der Waals surface area contributed by atoms with Crippen LogP contribution in [0.25, 0.3) is 0 Å². The Hall–Kier alpha value is -1.63. The van der Waals surface area contributed by atoms with Gasteiger partial charge in [0, 0.05) is 29.8 Å². The number of carbonyl (C=O) groups is 2. The Morgan fingerprint density at radius 3 is 2.60 bits per heavy atom. The van der Waals surface area contributed by atoms with Crippen LogP contribution in [0.3, 0.4) is 0 Å². The molecule has 0 unspecified atom stereocenters. The van der Waals surface area contributed by atoms with Crippen LogP contribution in [-0.4, -0.2) is 65.5 Å². The molecule has 25 heavy (non-hydrogen) atoms. The second-order valence-corrected chi connectivity index (χ2v) is 6.91. The van der Waals surface area contributed by atoms with Gasteiger partial charge in [-0.2, -0.15) is 0 Å². The number of amides is 1. The largest absolute Gasteiger partial charge is 0.480 e. The fraction of sp³-hybridized carbons (Fsp3) is 0.556. The number of hydrogen-bond acceptors (Lipinski definition) is 4. The zero-order chi connectivity index (χ0) is 18.4. The molecular weight excluding hydrogens is 342 g/mol. The molecule has 1 aliphatic heterocycles. The van der Waals surface area contributed by atoms with Crippen molar-refractivity contribution in [3.8, 4) is 0 Å². The third kappa shape index (κ3) is 5.99. The van der Waals surface area contributed by atoms with E-state index in [1.165, 1.54) is 0 Å². The molecule has 1 saturated heterocycles. The van der Waals surface area contributed by atoms with Crippen LogP contribution >= 0.6 is 11.6 Å². The number of benzene rings is 1. The summed E-state index contributed by atoms with van der Waals surface area (Å²) in [6.07, 6.45) is 1.77. The number of aryl methyl sites for hydroxylation is 1. The predicted octanol–water partition coefficient (Wildman–Crippen LogP) is 2.46. The summed E-state index contributed by atoms with van der Waals surface area (Å²) in [5, 5.41) is 12.6. The lowest BCUT2D eigenvalue weighted by atomic mass is 10.0. The van der Waals surface area contributed by atoms with Crippen LogP contribution in [0.5, 0.6) is 0 Å². The lowest BCUT2D eigenvalue weighted by Crippen LogP contribution is -2.48. The van der Waals surface area contributed by atoms with E-state index >= 15 is 0 Å². The molecule has 0 aliphatic carbocycles. The Labute approximate surface area is 153 Å². The lowest BCUT2D eigenvalue weighted by molar-refractivity contribution is -0.139. The maximum atomic E-state index is 12.3. The van der Waals surface area contributed by atoms with Gasteiger partial charge < -0.3 is 10.4 Å². The maximum Gasteiger partial charge on any atom is 0.317 e. The van der Waals surface area contributed by atoms with E-state index in [9.17, 15) is 9.59 Å². The molecule has 7 heteroatoms. The summed E-state index contributed by atoms with van der Waals surface area (Å²) in [4.78, 5) is 27.3. The second-order valence-electron chi connectivity index (χ2n) is 6.47. The molecule has 0 radical (unpaired) electrons. The monoisotopic (exact) mass is 367 g/mol. The molecule has 0 saturated carbocycles. The zero-order valence-corrected chi connectivity index (χ0v) is 15.6. The van der Waals surface area contributed by atoms with E-state index in [0.29, 0.717) is 11.6 Å². The standard InChI is InChI=1S/C18H26ClN3O3/c1-3-22(12-18(24)25)15-6-8-21(9-7-15)11-17(23)20-16-5-4-14(19)10-13(16)2/h4-5,10,15H,3,6-9,11-12H2,1-2H3,(H,20,23)(H,24,25). The molecule has 1 aliphatic rings. The van der Waals surface area contributed by atoms with Crippen LogP contribution in [0.15, 0.2) is 18.2 Å². The van der Waals surface area contributed by atoms with Crippen molar-refractivity contribution in [2.75, 3.05) is 38.0 Å². The summed E-state index contributed by atoms with van der Waals surface area (Å²) in [7, 11) is 0. The molecule has 138 valence electrons. The minimum atomic E-state index is -0.790. The topological polar surface area (TPSA) is 72.9 Å². The Bertz CT molecular complexity index is 616. The van der Waals surface area contributed by atoms with Gasteiger partial charge in [-0.05, 0) is 50.1 Å². The van der Waals surface area contributed by atoms with Gasteiger partial charge >= 0.3 is 5.97 Å². The number of piperidine rings is 1. The van der Waals surface area contributed by atoms with Gasteiger partial charge in [0.25, 0.3) is 0 Å². The number of nitrogens with one attached hydrogen (secondary N) is 1. The smallest absolute Gasteiger partial charge is 0.317 e. The maximum absolute atomic E-state index is 12.3. The van der Waals surface area contributed by atoms with Crippen molar-refractivity contribution in [1.29, 1.82) is 0 Å². The molecule has 0 atom stereocenters. The molecule has 0 spiro atoms. The van der Waals surface area contributed by atoms with Gasteiger partial charge in [-0.3, -0.25) is 19.4 Å². The highest BCUT2D eigenvalue weighted by Crippen LogP contribution is 2.20. The first-order chi connectivity index (χ1) is 11.9. The Morgan fingerprint density at radius 1 is 1.36 bits per heavy atom. The van der Waals surface area contributed by atoms with Gasteiger partial charge in [-0.25, -0.2) is 0 Å². The average molecular weight is 368 g/mol. The van der Waals surface area contributed by atoms with Gasteiger partial charge in [0.15, 0.2) is 0 Å². The fourth-order valence-corrected chi connectivity index (χ4v) is 3.50. The highest BCUT2D eigenvalue weighted by molar-refractivity contribution is 6.30. The minimum Gasteiger partial charge on any atom is -0.480 e. The zero-order valence-electron chi connectivity index (χ0n) is 14.8. The van der Waals surface area contributed by atoms with E-state index in [1.54, 1.807) is 6.07 Å². The summed E-state index contributed by atoms with van der Waals surface area (Å²) in [5.41, 5.74) is 1.72. The predicted molar refractivity (Wildman–Crippen MR) is 99.2 cm³/mol. The van der Waals surface area contributed by atoms with Crippen molar-refractivity contribution >= 4 is 29.2 Å². The number of carboxylic acid groups (broad SMARTS) is 1. The van der Waals surface area contributed by atoms with Crippen molar-refractivity contribution in [2.24, 2.45) is 0 Å². The molecule has 2 rings (SSSR count). The van der Waals surface area contributed by atoms with Gasteiger partial charge in [-0.1, -0.05) is 18.5 Å². The third-order valence-corrected chi connectivity index (χ3v) is 4.88. The van der Waals surface area contributed by atoms with Crippen LogP contribution in [-0.2, 0) is 9.59 Å². The van der Waals surface area contributed by atoms with Crippen LogP contribution < -0.4 is 5.32 Å². The molecular formula is C18H26ClN3O3. The summed E-state index contributed by atoms with van der Waals surface area (Å²) >= 11 is 5.93. The number of carbonyl (C=O) groups excluding carboxylic acids is 1. The van der Waals surface area contributed by atoms with Crippen molar-refractivity contribution < 1.29 is 14.7 Å². The summed E-state index contributed by atoms with van der Waals surface area (Å²) in [6, 6.07) is 5.67. The Kier molecular flexibility index (Phi) is 7.23. The quantitative estimate of drug-likeness (QED) is 0.774. The van der Waals surface area contributed by atoms with Crippen molar-refractivity contribution in [2.45, 2.75) is 32.7 Å². The first kappa shape index (κ1) is 19.7. The summed E-state index contributed by atoms with van der Waals surface area (Å²) in [5.74, 6) is -0.830. The molecule has 1 heterocycles. The highest BCUT2D eigenvalue weighted by atomic mass is 35.5. The first-order valence-electron chi connectivity index (χ1n) is 8.63. The number of nitrogens with zero attached hydrogens (tertiary/aromatic N) is 2. The van der Waals surface area contributed by atoms with Gasteiger partial charge in [0.05, 0.1) is 13.1 Å². The molecule has 2 N–H and O–H groups in total. The van der Waals surface area contributed by atoms with E-state index in [4.69, 9.17) is 16.7 Å². The van der Waals surface area contributed by atoms with Crippen LogP contribution in [0.2, 0.25) is 5.02 Å². The molecule has 1 aromatic rings. The molecule has 6 nitrogen and oxygen atoms in total. The van der Waals surface area contributed by atoms with Gasteiger partial charge in [0.2, 0.25) is 5.91 Å². The number of hydrogen-bond donors (Lipinski definition) is 2. The third-order valence-electron chi connectivity index (χ3n) is 4.65. The van der Waals surface area contributed by atoms with E-state index in [0.717, 1.165) is 43.7 Å². The van der Waals surface area contributed by atoms with Gasteiger partial charge in [-0.15, -0.1) is 0 Å². The molecule has 0 bridgehead atoms. The van der Waals surface area contributed by atoms with E-state index in [2.05, 4.69) is 10.2 Å². The number of rotatable bonds is 7. The van der Waals surface area contributed by atoms with Crippen molar-refractivity contribution in [3.05, 3.63) is 28.8 Å². The molecule has 0 aromatic heterocycles. The fourth-order valence-electron chi connectivity index (χ4n) is 3.28. The van der Waals surface area contributed by atoms with Crippen molar-refractivity contribution in [1.82, 2.24) is 9.80 Å². The summed E-state index contributed by atoms with van der Waals surface area (Å²) in [6.45, 7) is 6.65. The minimum absolute atomic E-state index is 0.0400. The second kappa shape index (κ2) is 9.17. The number of carboxylic acids is 1. The van der Waals surface area contributed by atoms with Gasteiger partial charge in [0.1, 0.15) is 0 Å². The molecule has 1 fully saturated rings. The van der Waals surface area contributed by atoms with E-state index in [-0.39, 0.29) is 18.5 Å². The Morgan fingerprint density at radius 2 is 2.04 bits per heavy atom. The normalized spacial score (nSPS) is 16.2. The Balaban J connectivity index is 1.81. The van der Waals surface area contributed by atoms with E-state index in [1.807, 2.05) is 30.9 Å². The number of likely N-dealkylation sites (N-methyl/N-ethyl adjacent to an activating group) is 1. The number of halogens is 1. The lowest BCUT2D eigenvalue weighted by Gasteiger charge is -2.37. The number of likely N-dealkylation sites (tertiary alicyclic amines) is 1. The van der Waals surface area contributed by atoms with Crippen LogP contribution in [0.1, 0.15) is 25.3 Å². The first-order valence-corrected chi connectivity index (χ1v) is 9.01. The van der Waals surface area contributed by atoms with Crippen LogP contribution in [0.4, 0.5) is 5.69 Å².